The average molecular weight is 437 g/mol. The molecule has 0 aliphatic rings. The molecule has 0 bridgehead atoms. The number of nitrogens with zero attached hydrogens (tertiary/aromatic N) is 6. The molecular formula is C19H17ClN10O. The van der Waals surface area contributed by atoms with Crippen molar-refractivity contribution >= 4 is 40.1 Å². The summed E-state index contributed by atoms with van der Waals surface area (Å²) >= 11 is 6.28. The molecule has 4 aromatic rings. The number of fused-ring (bicyclic) bond motifs is 1. The third-order valence-corrected chi connectivity index (χ3v) is 4.96. The quantitative estimate of drug-likeness (QED) is 0.363. The topological polar surface area (TPSA) is 177 Å². The molecule has 0 amide bonds. The first-order chi connectivity index (χ1) is 14.9. The third kappa shape index (κ3) is 3.72. The van der Waals surface area contributed by atoms with E-state index in [1.807, 2.05) is 6.07 Å². The standard InChI is InChI=1S/C19H17ClN10O/c1-9(25-16-11(7-21)15(22)27-19(23)28-16)17-26-13-4-2-3-12(20)14(13)18(31)30(17)8-10-5-6-24-29-10/h2-6,9H,8H2,1H3,(H,24,29)(H5,22,23,25,27,28). The summed E-state index contributed by atoms with van der Waals surface area (Å²) in [6.45, 7) is 1.94. The van der Waals surface area contributed by atoms with Crippen LogP contribution in [0.3, 0.4) is 0 Å². The minimum absolute atomic E-state index is 0.0446. The molecule has 0 spiro atoms. The molecule has 11 nitrogen and oxygen atoms in total. The number of nitriles is 1. The molecule has 0 aliphatic heterocycles. The Bertz CT molecular complexity index is 1370. The van der Waals surface area contributed by atoms with Crippen molar-refractivity contribution < 1.29 is 0 Å². The van der Waals surface area contributed by atoms with Crippen molar-refractivity contribution in [1.82, 2.24) is 29.7 Å². The summed E-state index contributed by atoms with van der Waals surface area (Å²) < 4.78 is 1.47. The molecule has 0 saturated carbocycles. The molecule has 156 valence electrons. The molecule has 3 aromatic heterocycles. The molecule has 31 heavy (non-hydrogen) atoms. The Morgan fingerprint density at radius 2 is 2.10 bits per heavy atom. The molecule has 6 N–H and O–H groups in total. The van der Waals surface area contributed by atoms with Crippen LogP contribution in [0.5, 0.6) is 0 Å². The largest absolute Gasteiger partial charge is 0.382 e. The van der Waals surface area contributed by atoms with Crippen LogP contribution in [-0.4, -0.2) is 29.7 Å². The van der Waals surface area contributed by atoms with Gasteiger partial charge in [-0.15, -0.1) is 0 Å². The van der Waals surface area contributed by atoms with Gasteiger partial charge in [0.25, 0.3) is 5.56 Å². The summed E-state index contributed by atoms with van der Waals surface area (Å²) in [4.78, 5) is 25.9. The van der Waals surface area contributed by atoms with Crippen molar-refractivity contribution in [2.45, 2.75) is 19.5 Å². The monoisotopic (exact) mass is 436 g/mol. The van der Waals surface area contributed by atoms with E-state index in [-0.39, 0.29) is 35.3 Å². The predicted molar refractivity (Wildman–Crippen MR) is 116 cm³/mol. The van der Waals surface area contributed by atoms with E-state index in [4.69, 9.17) is 23.1 Å². The van der Waals surface area contributed by atoms with E-state index in [1.54, 1.807) is 37.4 Å². The second-order valence-corrected chi connectivity index (χ2v) is 7.14. The van der Waals surface area contributed by atoms with Gasteiger partial charge in [0.05, 0.1) is 34.2 Å². The van der Waals surface area contributed by atoms with E-state index in [2.05, 4.69) is 30.5 Å². The second kappa shape index (κ2) is 7.92. The maximum absolute atomic E-state index is 13.3. The number of aromatic nitrogens is 6. The maximum atomic E-state index is 13.3. The van der Waals surface area contributed by atoms with Gasteiger partial charge >= 0.3 is 0 Å². The molecule has 0 saturated heterocycles. The highest BCUT2D eigenvalue weighted by molar-refractivity contribution is 6.35. The molecule has 1 aromatic carbocycles. The third-order valence-electron chi connectivity index (χ3n) is 4.65. The van der Waals surface area contributed by atoms with E-state index in [9.17, 15) is 10.1 Å². The molecule has 12 heteroatoms. The minimum atomic E-state index is -0.559. The van der Waals surface area contributed by atoms with Crippen LogP contribution < -0.4 is 22.3 Å². The van der Waals surface area contributed by atoms with E-state index in [0.717, 1.165) is 0 Å². The van der Waals surface area contributed by atoms with Crippen LogP contribution in [0.2, 0.25) is 5.02 Å². The average Bonchev–Trinajstić information content (AvgIpc) is 3.22. The van der Waals surface area contributed by atoms with Gasteiger partial charge in [0, 0.05) is 6.20 Å². The number of hydrogen-bond donors (Lipinski definition) is 4. The molecule has 1 atom stereocenters. The molecule has 4 rings (SSSR count). The van der Waals surface area contributed by atoms with Gasteiger partial charge in [0.15, 0.2) is 5.82 Å². The van der Waals surface area contributed by atoms with Crippen LogP contribution in [0, 0.1) is 11.3 Å². The number of nitrogen functional groups attached to an aromatic ring is 2. The van der Waals surface area contributed by atoms with Crippen molar-refractivity contribution in [2.75, 3.05) is 16.8 Å². The van der Waals surface area contributed by atoms with Crippen molar-refractivity contribution in [2.24, 2.45) is 0 Å². The van der Waals surface area contributed by atoms with Gasteiger partial charge < -0.3 is 16.8 Å². The Morgan fingerprint density at radius 1 is 1.29 bits per heavy atom. The lowest BCUT2D eigenvalue weighted by molar-refractivity contribution is 0.630. The lowest BCUT2D eigenvalue weighted by atomic mass is 10.2. The number of rotatable bonds is 5. The highest BCUT2D eigenvalue weighted by atomic mass is 35.5. The van der Waals surface area contributed by atoms with Gasteiger partial charge in [-0.2, -0.15) is 20.3 Å². The number of aromatic amines is 1. The van der Waals surface area contributed by atoms with E-state index >= 15 is 0 Å². The zero-order valence-corrected chi connectivity index (χ0v) is 17.1. The Morgan fingerprint density at radius 3 is 2.81 bits per heavy atom. The van der Waals surface area contributed by atoms with Crippen LogP contribution in [0.25, 0.3) is 10.9 Å². The fraction of sp³-hybridized carbons (Fsp3) is 0.158. The Labute approximate surface area is 180 Å². The smallest absolute Gasteiger partial charge is 0.263 e. The fourth-order valence-electron chi connectivity index (χ4n) is 3.25. The van der Waals surface area contributed by atoms with E-state index in [0.29, 0.717) is 27.4 Å². The van der Waals surface area contributed by atoms with Gasteiger partial charge in [-0.1, -0.05) is 17.7 Å². The van der Waals surface area contributed by atoms with Crippen LogP contribution in [0.15, 0.2) is 35.3 Å². The van der Waals surface area contributed by atoms with Crippen molar-refractivity contribution in [3.63, 3.8) is 0 Å². The van der Waals surface area contributed by atoms with Gasteiger partial charge in [0.1, 0.15) is 23.3 Å². The zero-order chi connectivity index (χ0) is 22.1. The lowest BCUT2D eigenvalue weighted by Crippen LogP contribution is -2.29. The van der Waals surface area contributed by atoms with E-state index < -0.39 is 6.04 Å². The molecular weight excluding hydrogens is 420 g/mol. The number of benzene rings is 1. The number of H-pyrrole nitrogens is 1. The van der Waals surface area contributed by atoms with Gasteiger partial charge in [-0.05, 0) is 25.1 Å². The SMILES string of the molecule is CC(Nc1nc(N)nc(N)c1C#N)c1nc2cccc(Cl)c2c(=O)n1Cc1cc[nH]n1. The summed E-state index contributed by atoms with van der Waals surface area (Å²) in [7, 11) is 0. The predicted octanol–water partition coefficient (Wildman–Crippen LogP) is 1.82. The summed E-state index contributed by atoms with van der Waals surface area (Å²) in [5, 5.41) is 20.0. The summed E-state index contributed by atoms with van der Waals surface area (Å²) in [5.74, 6) is 0.407. The van der Waals surface area contributed by atoms with Gasteiger partial charge in [-0.25, -0.2) is 4.98 Å². The summed E-state index contributed by atoms with van der Waals surface area (Å²) in [6, 6.07) is 8.22. The highest BCUT2D eigenvalue weighted by Gasteiger charge is 2.21. The maximum Gasteiger partial charge on any atom is 0.263 e. The first-order valence-electron chi connectivity index (χ1n) is 9.16. The normalized spacial score (nSPS) is 11.9. The molecule has 0 fully saturated rings. The fourth-order valence-corrected chi connectivity index (χ4v) is 3.50. The van der Waals surface area contributed by atoms with Crippen molar-refractivity contribution in [3.8, 4) is 6.07 Å². The number of anilines is 3. The first kappa shape index (κ1) is 20.1. The Kier molecular flexibility index (Phi) is 5.14. The summed E-state index contributed by atoms with van der Waals surface area (Å²) in [6.07, 6.45) is 1.66. The van der Waals surface area contributed by atoms with Crippen LogP contribution in [0.1, 0.15) is 30.0 Å². The Balaban J connectivity index is 1.86. The number of hydrogen-bond acceptors (Lipinski definition) is 9. The molecule has 3 heterocycles. The second-order valence-electron chi connectivity index (χ2n) is 6.73. The molecule has 0 aliphatic carbocycles. The minimum Gasteiger partial charge on any atom is -0.382 e. The van der Waals surface area contributed by atoms with E-state index in [1.165, 1.54) is 4.57 Å². The van der Waals surface area contributed by atoms with Crippen LogP contribution in [0.4, 0.5) is 17.6 Å². The molecule has 0 radical (unpaired) electrons. The molecule has 1 unspecified atom stereocenters. The first-order valence-corrected chi connectivity index (χ1v) is 9.54. The number of nitrogens with two attached hydrogens (primary N) is 2. The van der Waals surface area contributed by atoms with Gasteiger partial charge in [-0.3, -0.25) is 14.5 Å². The Hall–Kier alpha value is -4.17. The van der Waals surface area contributed by atoms with Crippen LogP contribution in [-0.2, 0) is 6.54 Å². The lowest BCUT2D eigenvalue weighted by Gasteiger charge is -2.20. The zero-order valence-electron chi connectivity index (χ0n) is 16.3. The van der Waals surface area contributed by atoms with Crippen molar-refractivity contribution in [3.05, 3.63) is 62.9 Å². The van der Waals surface area contributed by atoms with Crippen molar-refractivity contribution in [1.29, 1.82) is 5.26 Å². The number of nitrogens with one attached hydrogen (secondary N) is 2. The van der Waals surface area contributed by atoms with Crippen LogP contribution >= 0.6 is 11.6 Å². The summed E-state index contributed by atoms with van der Waals surface area (Å²) in [5.41, 5.74) is 12.3. The highest BCUT2D eigenvalue weighted by Crippen LogP contribution is 2.25. The number of halogens is 1. The van der Waals surface area contributed by atoms with Gasteiger partial charge in [0.2, 0.25) is 5.95 Å².